The maximum absolute atomic E-state index is 11.0. The molecule has 0 amide bonds. The van der Waals surface area contributed by atoms with Gasteiger partial charge in [0.1, 0.15) is 16.8 Å². The minimum absolute atomic E-state index is 0.220. The van der Waals surface area contributed by atoms with E-state index in [0.29, 0.717) is 17.5 Å². The van der Waals surface area contributed by atoms with E-state index >= 15 is 0 Å². The molecule has 1 aliphatic heterocycles. The standard InChI is InChI=1S/C18H22ClN3O2S/c1-13-7-9-22(10-8-13)18-15(11-14-5-3-2-4-6-14)17(19)20-16(21-18)12-25(23)24/h2-6,13H,7-12H2,1H3,(H,23,24)/p-1. The second-order valence-corrected chi connectivity index (χ2v) is 7.77. The number of hydrogen-bond donors (Lipinski definition) is 0. The molecule has 0 saturated carbocycles. The highest BCUT2D eigenvalue weighted by Gasteiger charge is 2.23. The minimum atomic E-state index is -2.24. The predicted octanol–water partition coefficient (Wildman–Crippen LogP) is 3.34. The van der Waals surface area contributed by atoms with Crippen molar-refractivity contribution in [1.82, 2.24) is 9.97 Å². The van der Waals surface area contributed by atoms with Crippen molar-refractivity contribution in [3.63, 3.8) is 0 Å². The molecular formula is C18H21ClN3O2S-. The van der Waals surface area contributed by atoms with Crippen molar-refractivity contribution in [3.8, 4) is 0 Å². The Bertz CT molecular complexity index is 749. The Morgan fingerprint density at radius 1 is 1.24 bits per heavy atom. The van der Waals surface area contributed by atoms with Gasteiger partial charge in [0.25, 0.3) is 0 Å². The van der Waals surface area contributed by atoms with E-state index < -0.39 is 11.1 Å². The molecule has 2 aromatic rings. The van der Waals surface area contributed by atoms with Crippen LogP contribution in [0.5, 0.6) is 0 Å². The highest BCUT2D eigenvalue weighted by molar-refractivity contribution is 7.78. The van der Waals surface area contributed by atoms with Crippen LogP contribution in [0.3, 0.4) is 0 Å². The fourth-order valence-corrected chi connectivity index (χ4v) is 3.68. The molecule has 0 radical (unpaired) electrons. The normalized spacial score (nSPS) is 16.8. The van der Waals surface area contributed by atoms with Crippen molar-refractivity contribution < 1.29 is 8.76 Å². The number of hydrogen-bond acceptors (Lipinski definition) is 5. The van der Waals surface area contributed by atoms with Gasteiger partial charge in [0, 0.05) is 25.1 Å². The van der Waals surface area contributed by atoms with Crippen molar-refractivity contribution in [1.29, 1.82) is 0 Å². The third kappa shape index (κ3) is 4.77. The molecule has 0 spiro atoms. The monoisotopic (exact) mass is 378 g/mol. The Morgan fingerprint density at radius 3 is 2.56 bits per heavy atom. The predicted molar refractivity (Wildman–Crippen MR) is 99.5 cm³/mol. The average molecular weight is 379 g/mol. The van der Waals surface area contributed by atoms with E-state index in [0.717, 1.165) is 42.9 Å². The van der Waals surface area contributed by atoms with Gasteiger partial charge in [-0.1, -0.05) is 48.9 Å². The molecule has 1 saturated heterocycles. The van der Waals surface area contributed by atoms with E-state index in [4.69, 9.17) is 11.6 Å². The van der Waals surface area contributed by atoms with Gasteiger partial charge in [-0.2, -0.15) is 0 Å². The molecule has 0 bridgehead atoms. The van der Waals surface area contributed by atoms with Gasteiger partial charge in [0.05, 0.1) is 5.75 Å². The second kappa shape index (κ2) is 8.25. The summed E-state index contributed by atoms with van der Waals surface area (Å²) in [6, 6.07) is 10.0. The molecule has 25 heavy (non-hydrogen) atoms. The number of nitrogens with zero attached hydrogens (tertiary/aromatic N) is 3. The third-order valence-electron chi connectivity index (χ3n) is 4.53. The van der Waals surface area contributed by atoms with Crippen molar-refractivity contribution in [2.45, 2.75) is 31.9 Å². The van der Waals surface area contributed by atoms with E-state index in [-0.39, 0.29) is 11.6 Å². The van der Waals surface area contributed by atoms with Crippen LogP contribution in [0.1, 0.15) is 36.7 Å². The number of halogens is 1. The number of benzene rings is 1. The SMILES string of the molecule is CC1CCN(c2nc(CS(=O)[O-])nc(Cl)c2Cc2ccccc2)CC1. The van der Waals surface area contributed by atoms with Gasteiger partial charge >= 0.3 is 0 Å². The number of rotatable bonds is 5. The first-order valence-electron chi connectivity index (χ1n) is 8.43. The van der Waals surface area contributed by atoms with Crippen molar-refractivity contribution >= 4 is 28.5 Å². The zero-order valence-electron chi connectivity index (χ0n) is 14.2. The first-order valence-corrected chi connectivity index (χ1v) is 10.0. The highest BCUT2D eigenvalue weighted by Crippen LogP contribution is 2.30. The van der Waals surface area contributed by atoms with Gasteiger partial charge in [0.15, 0.2) is 0 Å². The van der Waals surface area contributed by atoms with Crippen LogP contribution in [0.15, 0.2) is 30.3 Å². The molecule has 1 atom stereocenters. The molecule has 1 aromatic heterocycles. The van der Waals surface area contributed by atoms with E-state index in [1.807, 2.05) is 30.3 Å². The Morgan fingerprint density at radius 2 is 1.92 bits per heavy atom. The summed E-state index contributed by atoms with van der Waals surface area (Å²) < 4.78 is 22.1. The summed E-state index contributed by atoms with van der Waals surface area (Å²) in [5.41, 5.74) is 1.99. The maximum atomic E-state index is 11.0. The quantitative estimate of drug-likeness (QED) is 0.589. The van der Waals surface area contributed by atoms with E-state index in [1.165, 1.54) is 0 Å². The first-order chi connectivity index (χ1) is 12.0. The average Bonchev–Trinajstić information content (AvgIpc) is 2.58. The van der Waals surface area contributed by atoms with E-state index in [9.17, 15) is 8.76 Å². The van der Waals surface area contributed by atoms with Gasteiger partial charge < -0.3 is 9.45 Å². The largest absolute Gasteiger partial charge is 0.772 e. The minimum Gasteiger partial charge on any atom is -0.772 e. The van der Waals surface area contributed by atoms with Crippen LogP contribution in [0.25, 0.3) is 0 Å². The third-order valence-corrected chi connectivity index (χ3v) is 5.34. The zero-order valence-corrected chi connectivity index (χ0v) is 15.7. The molecule has 0 N–H and O–H groups in total. The summed E-state index contributed by atoms with van der Waals surface area (Å²) >= 11 is 4.20. The summed E-state index contributed by atoms with van der Waals surface area (Å²) in [5, 5.41) is 0.341. The van der Waals surface area contributed by atoms with Crippen molar-refractivity contribution in [3.05, 3.63) is 52.4 Å². The summed E-state index contributed by atoms with van der Waals surface area (Å²) in [7, 11) is 0. The smallest absolute Gasteiger partial charge is 0.143 e. The number of anilines is 1. The van der Waals surface area contributed by atoms with Gasteiger partial charge in [-0.3, -0.25) is 4.21 Å². The second-order valence-electron chi connectivity index (χ2n) is 6.51. The lowest BCUT2D eigenvalue weighted by Gasteiger charge is -2.33. The molecule has 1 aliphatic rings. The Hall–Kier alpha value is -1.50. The number of piperidine rings is 1. The van der Waals surface area contributed by atoms with Crippen LogP contribution < -0.4 is 4.90 Å². The van der Waals surface area contributed by atoms with Crippen LogP contribution in [0.2, 0.25) is 5.15 Å². The summed E-state index contributed by atoms with van der Waals surface area (Å²) in [6.07, 6.45) is 2.81. The molecule has 2 heterocycles. The lowest BCUT2D eigenvalue weighted by Crippen LogP contribution is -2.34. The lowest BCUT2D eigenvalue weighted by atomic mass is 9.98. The zero-order chi connectivity index (χ0) is 17.8. The molecule has 1 fully saturated rings. The van der Waals surface area contributed by atoms with Crippen LogP contribution in [0.4, 0.5) is 5.82 Å². The summed E-state index contributed by atoms with van der Waals surface area (Å²) in [6.45, 7) is 4.05. The van der Waals surface area contributed by atoms with E-state index in [1.54, 1.807) is 0 Å². The van der Waals surface area contributed by atoms with Crippen LogP contribution in [-0.4, -0.2) is 31.8 Å². The fraction of sp³-hybridized carbons (Fsp3) is 0.444. The Kier molecular flexibility index (Phi) is 6.04. The molecule has 134 valence electrons. The molecule has 7 heteroatoms. The maximum Gasteiger partial charge on any atom is 0.143 e. The van der Waals surface area contributed by atoms with Gasteiger partial charge in [-0.25, -0.2) is 9.97 Å². The van der Waals surface area contributed by atoms with Crippen LogP contribution in [0, 0.1) is 5.92 Å². The van der Waals surface area contributed by atoms with Crippen molar-refractivity contribution in [2.24, 2.45) is 5.92 Å². The topological polar surface area (TPSA) is 69.2 Å². The summed E-state index contributed by atoms with van der Waals surface area (Å²) in [5.74, 6) is 1.50. The molecular weight excluding hydrogens is 358 g/mol. The fourth-order valence-electron chi connectivity index (χ4n) is 3.09. The molecule has 1 unspecified atom stereocenters. The highest BCUT2D eigenvalue weighted by atomic mass is 35.5. The summed E-state index contributed by atoms with van der Waals surface area (Å²) in [4.78, 5) is 11.0. The Balaban J connectivity index is 1.97. The lowest BCUT2D eigenvalue weighted by molar-refractivity contribution is 0.435. The van der Waals surface area contributed by atoms with Crippen LogP contribution in [-0.2, 0) is 23.3 Å². The number of aromatic nitrogens is 2. The van der Waals surface area contributed by atoms with Gasteiger partial charge in [0.2, 0.25) is 0 Å². The molecule has 5 nitrogen and oxygen atoms in total. The van der Waals surface area contributed by atoms with Crippen LogP contribution >= 0.6 is 11.6 Å². The Labute approximate surface area is 155 Å². The molecule has 1 aromatic carbocycles. The molecule has 0 aliphatic carbocycles. The van der Waals surface area contributed by atoms with E-state index in [2.05, 4.69) is 21.8 Å². The van der Waals surface area contributed by atoms with Gasteiger partial charge in [-0.15, -0.1) is 0 Å². The molecule has 3 rings (SSSR count). The van der Waals surface area contributed by atoms with Crippen molar-refractivity contribution in [2.75, 3.05) is 18.0 Å². The first kappa shape index (κ1) is 18.3. The van der Waals surface area contributed by atoms with Gasteiger partial charge in [-0.05, 0) is 35.4 Å².